The van der Waals surface area contributed by atoms with Crippen LogP contribution in [-0.2, 0) is 11.3 Å². The van der Waals surface area contributed by atoms with Gasteiger partial charge in [-0.2, -0.15) is 4.98 Å². The Morgan fingerprint density at radius 3 is 2.96 bits per heavy atom. The number of nitrogens with zero attached hydrogens (tertiary/aromatic N) is 3. The lowest BCUT2D eigenvalue weighted by molar-refractivity contribution is 0.122. The number of hydrogen-bond donors (Lipinski definition) is 2. The first kappa shape index (κ1) is 15.0. The Morgan fingerprint density at radius 2 is 2.08 bits per heavy atom. The van der Waals surface area contributed by atoms with Gasteiger partial charge in [0.15, 0.2) is 0 Å². The summed E-state index contributed by atoms with van der Waals surface area (Å²) in [5.74, 6) is 1.64. The van der Waals surface area contributed by atoms with Gasteiger partial charge in [-0.3, -0.25) is 0 Å². The molecule has 1 aromatic carbocycles. The molecule has 4 rings (SSSR count). The number of aromatic amines is 1. The number of nitrogens with one attached hydrogen (secondary N) is 2. The molecule has 1 aliphatic rings. The molecule has 0 aliphatic carbocycles. The van der Waals surface area contributed by atoms with E-state index in [1.165, 1.54) is 10.9 Å². The number of fused-ring (bicyclic) bond motifs is 1. The second kappa shape index (κ2) is 6.49. The van der Waals surface area contributed by atoms with Gasteiger partial charge in [0, 0.05) is 48.5 Å². The van der Waals surface area contributed by atoms with Crippen molar-refractivity contribution in [3.05, 3.63) is 47.8 Å². The molecule has 6 heteroatoms. The largest absolute Gasteiger partial charge is 0.378 e. The summed E-state index contributed by atoms with van der Waals surface area (Å²) in [6, 6.07) is 10.4. The van der Waals surface area contributed by atoms with Crippen molar-refractivity contribution in [1.82, 2.24) is 15.0 Å². The van der Waals surface area contributed by atoms with E-state index in [0.29, 0.717) is 0 Å². The highest BCUT2D eigenvalue weighted by Gasteiger charge is 2.15. The first-order valence-electron chi connectivity index (χ1n) is 8.27. The summed E-state index contributed by atoms with van der Waals surface area (Å²) < 4.78 is 5.40. The van der Waals surface area contributed by atoms with Gasteiger partial charge in [-0.05, 0) is 24.6 Å². The Labute approximate surface area is 140 Å². The molecule has 1 saturated heterocycles. The summed E-state index contributed by atoms with van der Waals surface area (Å²) in [5.41, 5.74) is 3.37. The average molecular weight is 323 g/mol. The van der Waals surface area contributed by atoms with Crippen molar-refractivity contribution >= 4 is 22.7 Å². The maximum atomic E-state index is 5.40. The fourth-order valence-corrected chi connectivity index (χ4v) is 3.04. The van der Waals surface area contributed by atoms with Crippen LogP contribution in [0.1, 0.15) is 11.3 Å². The Balaban J connectivity index is 1.54. The monoisotopic (exact) mass is 323 g/mol. The van der Waals surface area contributed by atoms with Gasteiger partial charge >= 0.3 is 0 Å². The molecule has 3 heterocycles. The Hall–Kier alpha value is -2.60. The summed E-state index contributed by atoms with van der Waals surface area (Å²) in [4.78, 5) is 14.7. The third-order valence-corrected chi connectivity index (χ3v) is 4.28. The van der Waals surface area contributed by atoms with Crippen molar-refractivity contribution in [2.45, 2.75) is 13.5 Å². The first-order chi connectivity index (χ1) is 11.8. The summed E-state index contributed by atoms with van der Waals surface area (Å²) in [7, 11) is 0. The van der Waals surface area contributed by atoms with Crippen LogP contribution in [0.3, 0.4) is 0 Å². The number of rotatable bonds is 4. The van der Waals surface area contributed by atoms with Crippen molar-refractivity contribution < 1.29 is 4.74 Å². The molecule has 0 atom stereocenters. The maximum Gasteiger partial charge on any atom is 0.227 e. The van der Waals surface area contributed by atoms with Crippen molar-refractivity contribution in [2.24, 2.45) is 0 Å². The molecule has 0 amide bonds. The van der Waals surface area contributed by atoms with Crippen LogP contribution in [-0.4, -0.2) is 41.3 Å². The number of morpholine rings is 1. The highest BCUT2D eigenvalue weighted by molar-refractivity contribution is 5.83. The molecule has 2 aromatic heterocycles. The summed E-state index contributed by atoms with van der Waals surface area (Å²) in [6.07, 6.45) is 1.97. The molecule has 3 aromatic rings. The number of hydrogen-bond acceptors (Lipinski definition) is 5. The third-order valence-electron chi connectivity index (χ3n) is 4.28. The predicted octanol–water partition coefficient (Wildman–Crippen LogP) is 2.72. The molecule has 0 unspecified atom stereocenters. The number of benzene rings is 1. The molecule has 0 radical (unpaired) electrons. The summed E-state index contributed by atoms with van der Waals surface area (Å²) in [6.45, 7) is 5.88. The standard InChI is InChI=1S/C18H21N5O/c1-13-11-17(22-18(21-13)23-7-9-24-10-8-23)20-12-14-3-2-4-16-15(14)5-6-19-16/h2-6,11,19H,7-10,12H2,1H3,(H,20,21,22). The molecule has 1 aliphatic heterocycles. The first-order valence-corrected chi connectivity index (χ1v) is 8.27. The van der Waals surface area contributed by atoms with Gasteiger partial charge in [0.05, 0.1) is 13.2 Å². The molecular weight excluding hydrogens is 302 g/mol. The van der Waals surface area contributed by atoms with Crippen LogP contribution >= 0.6 is 0 Å². The van der Waals surface area contributed by atoms with E-state index in [-0.39, 0.29) is 0 Å². The van der Waals surface area contributed by atoms with Crippen LogP contribution in [0.25, 0.3) is 10.9 Å². The Morgan fingerprint density at radius 1 is 1.21 bits per heavy atom. The van der Waals surface area contributed by atoms with Crippen LogP contribution < -0.4 is 10.2 Å². The van der Waals surface area contributed by atoms with Crippen LogP contribution in [0.5, 0.6) is 0 Å². The van der Waals surface area contributed by atoms with Gasteiger partial charge in [0.2, 0.25) is 5.95 Å². The van der Waals surface area contributed by atoms with Crippen LogP contribution in [0.4, 0.5) is 11.8 Å². The zero-order valence-corrected chi connectivity index (χ0v) is 13.7. The molecular formula is C18H21N5O. The van der Waals surface area contributed by atoms with Gasteiger partial charge in [-0.1, -0.05) is 12.1 Å². The highest BCUT2D eigenvalue weighted by Crippen LogP contribution is 2.20. The molecule has 0 bridgehead atoms. The van der Waals surface area contributed by atoms with E-state index >= 15 is 0 Å². The minimum absolute atomic E-state index is 0.730. The predicted molar refractivity (Wildman–Crippen MR) is 95.4 cm³/mol. The second-order valence-corrected chi connectivity index (χ2v) is 6.00. The van der Waals surface area contributed by atoms with Crippen LogP contribution in [0.2, 0.25) is 0 Å². The Bertz CT molecular complexity index is 838. The average Bonchev–Trinajstić information content (AvgIpc) is 3.09. The number of anilines is 2. The van der Waals surface area contributed by atoms with E-state index in [0.717, 1.165) is 55.8 Å². The van der Waals surface area contributed by atoms with Crippen LogP contribution in [0, 0.1) is 6.92 Å². The fraction of sp³-hybridized carbons (Fsp3) is 0.333. The number of ether oxygens (including phenoxy) is 1. The Kier molecular flexibility index (Phi) is 4.04. The zero-order chi connectivity index (χ0) is 16.4. The van der Waals surface area contributed by atoms with Crippen molar-refractivity contribution in [2.75, 3.05) is 36.5 Å². The topological polar surface area (TPSA) is 66.1 Å². The normalized spacial score (nSPS) is 15.0. The van der Waals surface area contributed by atoms with Gasteiger partial charge in [-0.15, -0.1) is 0 Å². The molecule has 1 fully saturated rings. The number of aryl methyl sites for hydroxylation is 1. The summed E-state index contributed by atoms with van der Waals surface area (Å²) in [5, 5.41) is 4.68. The van der Waals surface area contributed by atoms with E-state index in [4.69, 9.17) is 4.74 Å². The van der Waals surface area contributed by atoms with Gasteiger partial charge in [0.25, 0.3) is 0 Å². The number of H-pyrrole nitrogens is 1. The third kappa shape index (κ3) is 3.05. The van der Waals surface area contributed by atoms with E-state index in [1.807, 2.05) is 19.2 Å². The summed E-state index contributed by atoms with van der Waals surface area (Å²) >= 11 is 0. The van der Waals surface area contributed by atoms with Crippen molar-refractivity contribution in [3.63, 3.8) is 0 Å². The highest BCUT2D eigenvalue weighted by atomic mass is 16.5. The van der Waals surface area contributed by atoms with Crippen molar-refractivity contribution in [1.29, 1.82) is 0 Å². The lowest BCUT2D eigenvalue weighted by Gasteiger charge is -2.27. The lowest BCUT2D eigenvalue weighted by atomic mass is 10.1. The molecule has 124 valence electrons. The minimum atomic E-state index is 0.730. The SMILES string of the molecule is Cc1cc(NCc2cccc3[nH]ccc23)nc(N2CCOCC2)n1. The lowest BCUT2D eigenvalue weighted by Crippen LogP contribution is -2.37. The molecule has 0 spiro atoms. The second-order valence-electron chi connectivity index (χ2n) is 6.00. The van der Waals surface area contributed by atoms with Gasteiger partial charge < -0.3 is 19.9 Å². The molecule has 2 N–H and O–H groups in total. The molecule has 0 saturated carbocycles. The van der Waals surface area contributed by atoms with E-state index in [2.05, 4.69) is 49.4 Å². The smallest absolute Gasteiger partial charge is 0.227 e. The maximum absolute atomic E-state index is 5.40. The quantitative estimate of drug-likeness (QED) is 0.773. The fourth-order valence-electron chi connectivity index (χ4n) is 3.04. The van der Waals surface area contributed by atoms with E-state index < -0.39 is 0 Å². The molecule has 24 heavy (non-hydrogen) atoms. The van der Waals surface area contributed by atoms with Gasteiger partial charge in [-0.25, -0.2) is 4.98 Å². The van der Waals surface area contributed by atoms with Crippen molar-refractivity contribution in [3.8, 4) is 0 Å². The zero-order valence-electron chi connectivity index (χ0n) is 13.7. The van der Waals surface area contributed by atoms with Crippen LogP contribution in [0.15, 0.2) is 36.5 Å². The van der Waals surface area contributed by atoms with E-state index in [1.54, 1.807) is 0 Å². The van der Waals surface area contributed by atoms with E-state index in [9.17, 15) is 0 Å². The van der Waals surface area contributed by atoms with Gasteiger partial charge in [0.1, 0.15) is 5.82 Å². The minimum Gasteiger partial charge on any atom is -0.378 e. The molecule has 6 nitrogen and oxygen atoms in total. The number of aromatic nitrogens is 3.